The Labute approximate surface area is 62.8 Å². The summed E-state index contributed by atoms with van der Waals surface area (Å²) in [5.74, 6) is -0.433. The fourth-order valence-corrected chi connectivity index (χ4v) is 0.665. The number of rotatable bonds is 3. The van der Waals surface area contributed by atoms with Crippen LogP contribution in [-0.2, 0) is 16.1 Å². The van der Waals surface area contributed by atoms with Gasteiger partial charge in [0.15, 0.2) is 0 Å². The average Bonchev–Trinajstić information content (AvgIpc) is 2.01. The predicted octanol–water partition coefficient (Wildman–Crippen LogP) is 0.894. The second kappa shape index (κ2) is 3.65. The minimum absolute atomic E-state index is 0.0637. The van der Waals surface area contributed by atoms with E-state index >= 15 is 0 Å². The maximum absolute atomic E-state index is 12.4. The SMILES string of the molecule is O=COCc1cncc(F)c1. The highest BCUT2D eigenvalue weighted by Crippen LogP contribution is 2.01. The molecule has 4 heteroatoms. The normalized spacial score (nSPS) is 9.18. The number of aromatic nitrogens is 1. The molecule has 0 saturated heterocycles. The first-order valence-electron chi connectivity index (χ1n) is 2.97. The third kappa shape index (κ3) is 2.33. The van der Waals surface area contributed by atoms with Crippen molar-refractivity contribution in [2.45, 2.75) is 6.61 Å². The molecule has 0 aliphatic carbocycles. The smallest absolute Gasteiger partial charge is 0.293 e. The van der Waals surface area contributed by atoms with E-state index in [0.29, 0.717) is 12.0 Å². The topological polar surface area (TPSA) is 39.2 Å². The van der Waals surface area contributed by atoms with Crippen LogP contribution in [0.3, 0.4) is 0 Å². The minimum Gasteiger partial charge on any atom is -0.463 e. The second-order valence-corrected chi connectivity index (χ2v) is 1.92. The molecule has 0 saturated carbocycles. The van der Waals surface area contributed by atoms with Crippen LogP contribution in [0.2, 0.25) is 0 Å². The van der Waals surface area contributed by atoms with Gasteiger partial charge < -0.3 is 4.74 Å². The van der Waals surface area contributed by atoms with Crippen LogP contribution >= 0.6 is 0 Å². The van der Waals surface area contributed by atoms with Crippen LogP contribution in [0.1, 0.15) is 5.56 Å². The Kier molecular flexibility index (Phi) is 2.54. The lowest BCUT2D eigenvalue weighted by Crippen LogP contribution is -1.91. The van der Waals surface area contributed by atoms with E-state index in [4.69, 9.17) is 0 Å². The van der Waals surface area contributed by atoms with E-state index in [-0.39, 0.29) is 6.61 Å². The van der Waals surface area contributed by atoms with Crippen molar-refractivity contribution in [3.8, 4) is 0 Å². The quantitative estimate of drug-likeness (QED) is 0.608. The Morgan fingerprint density at radius 2 is 2.45 bits per heavy atom. The highest BCUT2D eigenvalue weighted by Gasteiger charge is 1.94. The molecule has 0 unspecified atom stereocenters. The maximum Gasteiger partial charge on any atom is 0.293 e. The highest BCUT2D eigenvalue weighted by molar-refractivity contribution is 5.37. The summed E-state index contributed by atoms with van der Waals surface area (Å²) in [5, 5.41) is 0. The number of carbonyl (C=O) groups is 1. The molecule has 0 aliphatic heterocycles. The number of carbonyl (C=O) groups excluding carboxylic acids is 1. The Balaban J connectivity index is 2.63. The number of pyridine rings is 1. The molecule has 11 heavy (non-hydrogen) atoms. The van der Waals surface area contributed by atoms with E-state index in [0.717, 1.165) is 6.20 Å². The molecular weight excluding hydrogens is 149 g/mol. The summed E-state index contributed by atoms with van der Waals surface area (Å²) in [4.78, 5) is 13.3. The van der Waals surface area contributed by atoms with Crippen molar-refractivity contribution in [2.75, 3.05) is 0 Å². The molecule has 0 spiro atoms. The number of ether oxygens (including phenoxy) is 1. The summed E-state index contributed by atoms with van der Waals surface area (Å²) < 4.78 is 16.8. The molecule has 0 aromatic carbocycles. The molecule has 1 heterocycles. The van der Waals surface area contributed by atoms with Gasteiger partial charge in [0, 0.05) is 11.8 Å². The Morgan fingerprint density at radius 3 is 3.09 bits per heavy atom. The van der Waals surface area contributed by atoms with E-state index in [1.54, 1.807) is 0 Å². The summed E-state index contributed by atoms with van der Waals surface area (Å²) in [7, 11) is 0. The third-order valence-corrected chi connectivity index (χ3v) is 1.08. The standard InChI is InChI=1S/C7H6FNO2/c8-7-1-6(2-9-3-7)4-11-5-10/h1-3,5H,4H2. The number of hydrogen-bond acceptors (Lipinski definition) is 3. The second-order valence-electron chi connectivity index (χ2n) is 1.92. The van der Waals surface area contributed by atoms with Crippen molar-refractivity contribution in [1.82, 2.24) is 4.98 Å². The van der Waals surface area contributed by atoms with Gasteiger partial charge >= 0.3 is 0 Å². The van der Waals surface area contributed by atoms with Gasteiger partial charge in [-0.3, -0.25) is 9.78 Å². The molecule has 0 bridgehead atoms. The van der Waals surface area contributed by atoms with E-state index in [2.05, 4.69) is 9.72 Å². The third-order valence-electron chi connectivity index (χ3n) is 1.08. The summed E-state index contributed by atoms with van der Waals surface area (Å²) in [5.41, 5.74) is 0.539. The van der Waals surface area contributed by atoms with Crippen molar-refractivity contribution in [3.05, 3.63) is 29.8 Å². The van der Waals surface area contributed by atoms with Crippen molar-refractivity contribution >= 4 is 6.47 Å². The van der Waals surface area contributed by atoms with Crippen LogP contribution in [0.5, 0.6) is 0 Å². The molecule has 1 aromatic rings. The lowest BCUT2D eigenvalue weighted by Gasteiger charge is -1.96. The van der Waals surface area contributed by atoms with Crippen molar-refractivity contribution in [2.24, 2.45) is 0 Å². The van der Waals surface area contributed by atoms with Gasteiger partial charge in [0.1, 0.15) is 12.4 Å². The largest absolute Gasteiger partial charge is 0.463 e. The first-order valence-corrected chi connectivity index (χ1v) is 2.97. The Hall–Kier alpha value is -1.45. The lowest BCUT2D eigenvalue weighted by molar-refractivity contribution is -0.129. The van der Waals surface area contributed by atoms with Crippen molar-refractivity contribution in [1.29, 1.82) is 0 Å². The first-order chi connectivity index (χ1) is 5.33. The van der Waals surface area contributed by atoms with Gasteiger partial charge in [0.05, 0.1) is 6.20 Å². The fourth-order valence-electron chi connectivity index (χ4n) is 0.665. The van der Waals surface area contributed by atoms with Crippen LogP contribution in [-0.4, -0.2) is 11.5 Å². The van der Waals surface area contributed by atoms with Crippen LogP contribution in [0.4, 0.5) is 4.39 Å². The molecule has 0 atom stereocenters. The van der Waals surface area contributed by atoms with Gasteiger partial charge in [-0.05, 0) is 6.07 Å². The predicted molar refractivity (Wildman–Crippen MR) is 35.0 cm³/mol. The molecule has 0 aliphatic rings. The highest BCUT2D eigenvalue weighted by atomic mass is 19.1. The van der Waals surface area contributed by atoms with E-state index < -0.39 is 5.82 Å². The molecule has 1 rings (SSSR count). The van der Waals surface area contributed by atoms with Crippen molar-refractivity contribution < 1.29 is 13.9 Å². The number of nitrogens with zero attached hydrogens (tertiary/aromatic N) is 1. The van der Waals surface area contributed by atoms with Gasteiger partial charge in [-0.15, -0.1) is 0 Å². The summed E-state index contributed by atoms with van der Waals surface area (Å²) >= 11 is 0. The average molecular weight is 155 g/mol. The first kappa shape index (κ1) is 7.65. The maximum atomic E-state index is 12.4. The zero-order chi connectivity index (χ0) is 8.10. The van der Waals surface area contributed by atoms with Gasteiger partial charge in [0.25, 0.3) is 6.47 Å². The number of halogens is 1. The van der Waals surface area contributed by atoms with Gasteiger partial charge in [-0.1, -0.05) is 0 Å². The molecule has 0 amide bonds. The van der Waals surface area contributed by atoms with E-state index in [9.17, 15) is 9.18 Å². The Morgan fingerprint density at radius 1 is 1.64 bits per heavy atom. The molecule has 0 radical (unpaired) electrons. The fraction of sp³-hybridized carbons (Fsp3) is 0.143. The van der Waals surface area contributed by atoms with Gasteiger partial charge in [-0.25, -0.2) is 4.39 Å². The van der Waals surface area contributed by atoms with Crippen LogP contribution in [0.25, 0.3) is 0 Å². The van der Waals surface area contributed by atoms with Crippen LogP contribution in [0.15, 0.2) is 18.5 Å². The summed E-state index contributed by atoms with van der Waals surface area (Å²) in [6, 6.07) is 1.26. The van der Waals surface area contributed by atoms with E-state index in [1.807, 2.05) is 0 Å². The van der Waals surface area contributed by atoms with Gasteiger partial charge in [0.2, 0.25) is 0 Å². The van der Waals surface area contributed by atoms with Gasteiger partial charge in [-0.2, -0.15) is 0 Å². The zero-order valence-electron chi connectivity index (χ0n) is 5.66. The molecule has 0 N–H and O–H groups in total. The molecule has 1 aromatic heterocycles. The molecule has 0 fully saturated rings. The minimum atomic E-state index is -0.433. The lowest BCUT2D eigenvalue weighted by atomic mass is 10.3. The van der Waals surface area contributed by atoms with Crippen LogP contribution in [0, 0.1) is 5.82 Å². The number of hydrogen-bond donors (Lipinski definition) is 0. The van der Waals surface area contributed by atoms with Crippen molar-refractivity contribution in [3.63, 3.8) is 0 Å². The molecule has 3 nitrogen and oxygen atoms in total. The zero-order valence-corrected chi connectivity index (χ0v) is 5.66. The summed E-state index contributed by atoms with van der Waals surface area (Å²) in [6.45, 7) is 0.374. The van der Waals surface area contributed by atoms with Crippen LogP contribution < -0.4 is 0 Å². The molecule has 58 valence electrons. The monoisotopic (exact) mass is 155 g/mol. The van der Waals surface area contributed by atoms with E-state index in [1.165, 1.54) is 12.3 Å². The molecular formula is C7H6FNO2. The Bertz CT molecular complexity index is 252. The summed E-state index contributed by atoms with van der Waals surface area (Å²) in [6.07, 6.45) is 2.52.